The number of rotatable bonds is 1. The van der Waals surface area contributed by atoms with Gasteiger partial charge in [-0.2, -0.15) is 0 Å². The van der Waals surface area contributed by atoms with Crippen molar-refractivity contribution < 1.29 is 14.4 Å². The number of hydrogen-bond acceptors (Lipinski definition) is 3. The molecule has 1 aliphatic rings. The Balaban J connectivity index is 2.21. The van der Waals surface area contributed by atoms with Gasteiger partial charge in [0.1, 0.15) is 0 Å². The van der Waals surface area contributed by atoms with Crippen LogP contribution in [-0.4, -0.2) is 24.5 Å². The maximum absolute atomic E-state index is 12.4. The molecule has 0 unspecified atom stereocenters. The van der Waals surface area contributed by atoms with Crippen LogP contribution in [-0.2, 0) is 0 Å². The quantitative estimate of drug-likeness (QED) is 0.730. The van der Waals surface area contributed by atoms with Gasteiger partial charge in [-0.1, -0.05) is 24.3 Å². The van der Waals surface area contributed by atoms with E-state index in [-0.39, 0.29) is 23.0 Å². The van der Waals surface area contributed by atoms with Gasteiger partial charge in [0.2, 0.25) is 0 Å². The Hall–Kier alpha value is -2.75. The second-order valence-corrected chi connectivity index (χ2v) is 4.54. The first-order valence-electron chi connectivity index (χ1n) is 6.18. The van der Waals surface area contributed by atoms with E-state index in [1.807, 2.05) is 0 Å². The van der Waals surface area contributed by atoms with Crippen LogP contribution in [0.4, 0.5) is 0 Å². The highest BCUT2D eigenvalue weighted by molar-refractivity contribution is 6.28. The lowest BCUT2D eigenvalue weighted by molar-refractivity contribution is 0.0959. The summed E-state index contributed by atoms with van der Waals surface area (Å²) in [6.45, 7) is 0. The molecule has 0 fully saturated rings. The van der Waals surface area contributed by atoms with Gasteiger partial charge in [0, 0.05) is 34.9 Å². The first kappa shape index (κ1) is 12.3. The van der Waals surface area contributed by atoms with Crippen LogP contribution in [0.15, 0.2) is 42.5 Å². The van der Waals surface area contributed by atoms with Crippen LogP contribution in [0, 0.1) is 0 Å². The van der Waals surface area contributed by atoms with E-state index in [2.05, 4.69) is 5.32 Å². The number of fused-ring (bicyclic) bond motifs is 2. The van der Waals surface area contributed by atoms with Gasteiger partial charge in [0.05, 0.1) is 0 Å². The summed E-state index contributed by atoms with van der Waals surface area (Å²) in [7, 11) is 1.52. The minimum absolute atomic E-state index is 0.182. The van der Waals surface area contributed by atoms with Crippen LogP contribution in [0.3, 0.4) is 0 Å². The molecule has 3 rings (SSSR count). The molecule has 4 heteroatoms. The van der Waals surface area contributed by atoms with E-state index >= 15 is 0 Å². The highest BCUT2D eigenvalue weighted by Crippen LogP contribution is 2.27. The van der Waals surface area contributed by atoms with Crippen LogP contribution in [0.25, 0.3) is 0 Å². The summed E-state index contributed by atoms with van der Waals surface area (Å²) in [5.74, 6) is -0.688. The maximum atomic E-state index is 12.4. The highest BCUT2D eigenvalue weighted by Gasteiger charge is 2.29. The minimum atomic E-state index is -0.285. The van der Waals surface area contributed by atoms with Gasteiger partial charge in [0.15, 0.2) is 11.6 Å². The summed E-state index contributed by atoms with van der Waals surface area (Å²) < 4.78 is 0. The zero-order valence-electron chi connectivity index (χ0n) is 10.8. The molecule has 0 radical (unpaired) electrons. The van der Waals surface area contributed by atoms with Crippen LogP contribution in [0.1, 0.15) is 42.2 Å². The van der Waals surface area contributed by atoms with Crippen molar-refractivity contribution >= 4 is 17.5 Å². The Morgan fingerprint density at radius 1 is 0.850 bits per heavy atom. The van der Waals surface area contributed by atoms with Crippen LogP contribution in [0.2, 0.25) is 0 Å². The molecule has 98 valence electrons. The molecule has 1 aliphatic carbocycles. The lowest BCUT2D eigenvalue weighted by Crippen LogP contribution is -2.23. The van der Waals surface area contributed by atoms with Crippen molar-refractivity contribution in [1.82, 2.24) is 5.32 Å². The van der Waals surface area contributed by atoms with Gasteiger partial charge in [-0.25, -0.2) is 0 Å². The molecule has 0 atom stereocenters. The van der Waals surface area contributed by atoms with Crippen LogP contribution in [0.5, 0.6) is 0 Å². The molecule has 0 bridgehead atoms. The summed E-state index contributed by atoms with van der Waals surface area (Å²) in [4.78, 5) is 36.4. The average Bonchev–Trinajstić information content (AvgIpc) is 2.51. The van der Waals surface area contributed by atoms with E-state index in [0.29, 0.717) is 22.3 Å². The van der Waals surface area contributed by atoms with E-state index in [1.54, 1.807) is 30.3 Å². The van der Waals surface area contributed by atoms with Gasteiger partial charge in [0.25, 0.3) is 5.91 Å². The Labute approximate surface area is 115 Å². The van der Waals surface area contributed by atoms with E-state index in [9.17, 15) is 14.4 Å². The van der Waals surface area contributed by atoms with E-state index in [1.165, 1.54) is 19.2 Å². The Morgan fingerprint density at radius 3 is 2.00 bits per heavy atom. The van der Waals surface area contributed by atoms with Crippen molar-refractivity contribution in [3.05, 3.63) is 70.3 Å². The molecule has 0 heterocycles. The zero-order chi connectivity index (χ0) is 14.3. The van der Waals surface area contributed by atoms with Gasteiger partial charge in [-0.3, -0.25) is 14.4 Å². The van der Waals surface area contributed by atoms with Crippen molar-refractivity contribution in [2.45, 2.75) is 0 Å². The molecular weight excluding hydrogens is 254 g/mol. The summed E-state index contributed by atoms with van der Waals surface area (Å²) >= 11 is 0. The number of carbonyl (C=O) groups excluding carboxylic acids is 3. The smallest absolute Gasteiger partial charge is 0.251 e. The van der Waals surface area contributed by atoms with Gasteiger partial charge in [-0.15, -0.1) is 0 Å². The highest BCUT2D eigenvalue weighted by atomic mass is 16.2. The summed E-state index contributed by atoms with van der Waals surface area (Å²) in [5, 5.41) is 2.50. The molecule has 20 heavy (non-hydrogen) atoms. The first-order chi connectivity index (χ1) is 9.63. The average molecular weight is 265 g/mol. The fraction of sp³-hybridized carbons (Fsp3) is 0.0625. The van der Waals surface area contributed by atoms with Gasteiger partial charge in [-0.05, 0) is 18.2 Å². The second-order valence-electron chi connectivity index (χ2n) is 4.54. The number of hydrogen-bond donors (Lipinski definition) is 1. The summed E-state index contributed by atoms with van der Waals surface area (Å²) in [6, 6.07) is 11.3. The standard InChI is InChI=1S/C16H11NO3/c1-17-16(20)9-6-7-12-13(8-9)15(19)11-5-3-2-4-10(11)14(12)18/h2-8H,1H3,(H,17,20). The third-order valence-corrected chi connectivity index (χ3v) is 3.41. The van der Waals surface area contributed by atoms with Crippen LogP contribution >= 0.6 is 0 Å². The molecule has 2 aromatic carbocycles. The van der Waals surface area contributed by atoms with Crippen molar-refractivity contribution in [1.29, 1.82) is 0 Å². The fourth-order valence-corrected chi connectivity index (χ4v) is 2.38. The summed E-state index contributed by atoms with van der Waals surface area (Å²) in [5.41, 5.74) is 1.81. The molecule has 0 aromatic heterocycles. The third-order valence-electron chi connectivity index (χ3n) is 3.41. The van der Waals surface area contributed by atoms with Crippen molar-refractivity contribution in [3.8, 4) is 0 Å². The Kier molecular flexibility index (Phi) is 2.71. The topological polar surface area (TPSA) is 63.2 Å². The van der Waals surface area contributed by atoms with E-state index < -0.39 is 0 Å². The monoisotopic (exact) mass is 265 g/mol. The Bertz CT molecular complexity index is 762. The Morgan fingerprint density at radius 2 is 1.40 bits per heavy atom. The predicted octanol–water partition coefficient (Wildman–Crippen LogP) is 1.82. The number of benzene rings is 2. The van der Waals surface area contributed by atoms with Crippen molar-refractivity contribution in [2.24, 2.45) is 0 Å². The van der Waals surface area contributed by atoms with Crippen molar-refractivity contribution in [2.75, 3.05) is 7.05 Å². The SMILES string of the molecule is CNC(=O)c1ccc2c(c1)C(=O)c1ccccc1C2=O. The lowest BCUT2D eigenvalue weighted by Gasteiger charge is -2.17. The minimum Gasteiger partial charge on any atom is -0.355 e. The number of amides is 1. The fourth-order valence-electron chi connectivity index (χ4n) is 2.38. The third kappa shape index (κ3) is 1.66. The molecule has 0 saturated heterocycles. The molecular formula is C16H11NO3. The molecule has 0 spiro atoms. The second kappa shape index (κ2) is 4.42. The zero-order valence-corrected chi connectivity index (χ0v) is 10.8. The van der Waals surface area contributed by atoms with Crippen LogP contribution < -0.4 is 5.32 Å². The molecule has 4 nitrogen and oxygen atoms in total. The molecule has 0 saturated carbocycles. The van der Waals surface area contributed by atoms with Gasteiger partial charge >= 0.3 is 0 Å². The van der Waals surface area contributed by atoms with E-state index in [0.717, 1.165) is 0 Å². The lowest BCUT2D eigenvalue weighted by atomic mass is 9.83. The predicted molar refractivity (Wildman–Crippen MR) is 73.1 cm³/mol. The maximum Gasteiger partial charge on any atom is 0.251 e. The number of carbonyl (C=O) groups is 3. The van der Waals surface area contributed by atoms with Gasteiger partial charge < -0.3 is 5.32 Å². The number of nitrogens with one attached hydrogen (secondary N) is 1. The molecule has 1 N–H and O–H groups in total. The first-order valence-corrected chi connectivity index (χ1v) is 6.18. The normalized spacial score (nSPS) is 12.7. The van der Waals surface area contributed by atoms with Crippen molar-refractivity contribution in [3.63, 3.8) is 0 Å². The largest absolute Gasteiger partial charge is 0.355 e. The van der Waals surface area contributed by atoms with E-state index in [4.69, 9.17) is 0 Å². The molecule has 2 aromatic rings. The molecule has 0 aliphatic heterocycles. The summed E-state index contributed by atoms with van der Waals surface area (Å²) in [6.07, 6.45) is 0. The number of ketones is 2. The molecule has 1 amide bonds.